The van der Waals surface area contributed by atoms with Crippen molar-refractivity contribution >= 4 is 28.1 Å². The van der Waals surface area contributed by atoms with Crippen LogP contribution in [0, 0.1) is 6.92 Å². The molecule has 0 saturated heterocycles. The van der Waals surface area contributed by atoms with E-state index in [1.807, 2.05) is 34.5 Å². The standard InChI is InChI=1S/C17H14F3N5S2/c1-10-13(25-7-8-26-15(25)21-10)14-22-23-16(24(14)2)27-9-11-3-5-12(6-4-11)17(18,19)20/h3-8H,9H2,1-2H3. The molecule has 0 N–H and O–H groups in total. The van der Waals surface area contributed by atoms with E-state index in [4.69, 9.17) is 0 Å². The maximum atomic E-state index is 12.6. The molecule has 27 heavy (non-hydrogen) atoms. The minimum atomic E-state index is -4.32. The zero-order valence-electron chi connectivity index (χ0n) is 14.4. The summed E-state index contributed by atoms with van der Waals surface area (Å²) in [6, 6.07) is 5.17. The number of rotatable bonds is 4. The first-order valence-electron chi connectivity index (χ1n) is 7.95. The van der Waals surface area contributed by atoms with Crippen LogP contribution >= 0.6 is 23.1 Å². The number of thiazole rings is 1. The van der Waals surface area contributed by atoms with Gasteiger partial charge in [-0.25, -0.2) is 4.98 Å². The van der Waals surface area contributed by atoms with E-state index in [-0.39, 0.29) is 0 Å². The van der Waals surface area contributed by atoms with Crippen LogP contribution < -0.4 is 0 Å². The fourth-order valence-corrected chi connectivity index (χ4v) is 4.37. The first-order chi connectivity index (χ1) is 12.8. The zero-order valence-corrected chi connectivity index (χ0v) is 16.0. The van der Waals surface area contributed by atoms with Gasteiger partial charge in [-0.2, -0.15) is 13.2 Å². The van der Waals surface area contributed by atoms with E-state index in [0.717, 1.165) is 34.0 Å². The normalized spacial score (nSPS) is 12.2. The van der Waals surface area contributed by atoms with E-state index in [0.29, 0.717) is 16.7 Å². The molecule has 3 heterocycles. The maximum absolute atomic E-state index is 12.6. The number of fused-ring (bicyclic) bond motifs is 1. The molecular weight excluding hydrogens is 395 g/mol. The van der Waals surface area contributed by atoms with E-state index in [1.165, 1.54) is 23.9 Å². The fourth-order valence-electron chi connectivity index (χ4n) is 2.75. The molecule has 0 unspecified atom stereocenters. The number of aryl methyl sites for hydroxylation is 1. The third-order valence-electron chi connectivity index (χ3n) is 4.13. The second-order valence-electron chi connectivity index (χ2n) is 5.95. The van der Waals surface area contributed by atoms with Gasteiger partial charge in [0.1, 0.15) is 5.69 Å². The Morgan fingerprint density at radius 2 is 1.89 bits per heavy atom. The number of imidazole rings is 1. The molecule has 140 valence electrons. The predicted octanol–water partition coefficient (Wildman–Crippen LogP) is 4.81. The van der Waals surface area contributed by atoms with E-state index in [9.17, 15) is 13.2 Å². The smallest absolute Gasteiger partial charge is 0.304 e. The summed E-state index contributed by atoms with van der Waals surface area (Å²) in [5.41, 5.74) is 1.91. The first kappa shape index (κ1) is 18.1. The van der Waals surface area contributed by atoms with Crippen molar-refractivity contribution in [1.82, 2.24) is 24.1 Å². The highest BCUT2D eigenvalue weighted by molar-refractivity contribution is 7.98. The molecule has 0 aliphatic heterocycles. The van der Waals surface area contributed by atoms with Crippen LogP contribution in [0.4, 0.5) is 13.2 Å². The lowest BCUT2D eigenvalue weighted by Gasteiger charge is -2.07. The van der Waals surface area contributed by atoms with Crippen molar-refractivity contribution in [3.63, 3.8) is 0 Å². The Kier molecular flexibility index (Phi) is 4.47. The predicted molar refractivity (Wildman–Crippen MR) is 98.8 cm³/mol. The van der Waals surface area contributed by atoms with Crippen LogP contribution in [0.1, 0.15) is 16.8 Å². The second kappa shape index (κ2) is 6.68. The van der Waals surface area contributed by atoms with Gasteiger partial charge in [0.05, 0.1) is 11.3 Å². The summed E-state index contributed by atoms with van der Waals surface area (Å²) in [6.07, 6.45) is -2.38. The molecule has 0 saturated carbocycles. The lowest BCUT2D eigenvalue weighted by Crippen LogP contribution is -2.04. The molecule has 0 spiro atoms. The molecule has 0 fully saturated rings. The maximum Gasteiger partial charge on any atom is 0.416 e. The molecule has 1 aromatic carbocycles. The highest BCUT2D eigenvalue weighted by Crippen LogP contribution is 2.31. The van der Waals surface area contributed by atoms with Gasteiger partial charge >= 0.3 is 6.18 Å². The van der Waals surface area contributed by atoms with Crippen LogP contribution in [0.25, 0.3) is 16.5 Å². The van der Waals surface area contributed by atoms with Gasteiger partial charge in [-0.3, -0.25) is 4.40 Å². The lowest BCUT2D eigenvalue weighted by molar-refractivity contribution is -0.137. The molecule has 10 heteroatoms. The molecule has 0 aliphatic rings. The van der Waals surface area contributed by atoms with Crippen LogP contribution in [0.5, 0.6) is 0 Å². The van der Waals surface area contributed by atoms with Crippen molar-refractivity contribution in [3.8, 4) is 11.5 Å². The van der Waals surface area contributed by atoms with Crippen molar-refractivity contribution < 1.29 is 13.2 Å². The number of thioether (sulfide) groups is 1. The van der Waals surface area contributed by atoms with Gasteiger partial charge in [-0.1, -0.05) is 23.9 Å². The van der Waals surface area contributed by atoms with Gasteiger partial charge in [0, 0.05) is 24.4 Å². The Hall–Kier alpha value is -2.33. The van der Waals surface area contributed by atoms with Gasteiger partial charge in [-0.05, 0) is 24.6 Å². The van der Waals surface area contributed by atoms with Crippen LogP contribution in [0.3, 0.4) is 0 Å². The highest BCUT2D eigenvalue weighted by Gasteiger charge is 2.29. The van der Waals surface area contributed by atoms with Gasteiger partial charge < -0.3 is 4.57 Å². The van der Waals surface area contributed by atoms with E-state index in [1.54, 1.807) is 11.3 Å². The average Bonchev–Trinajstić information content (AvgIpc) is 3.28. The summed E-state index contributed by atoms with van der Waals surface area (Å²) in [5, 5.41) is 11.2. The molecule has 3 aromatic heterocycles. The second-order valence-corrected chi connectivity index (χ2v) is 7.77. The molecule has 0 atom stereocenters. The monoisotopic (exact) mass is 409 g/mol. The Bertz CT molecular complexity index is 1090. The molecule has 5 nitrogen and oxygen atoms in total. The number of halogens is 3. The highest BCUT2D eigenvalue weighted by atomic mass is 32.2. The molecule has 4 rings (SSSR count). The number of aromatic nitrogens is 5. The Morgan fingerprint density at radius 1 is 1.15 bits per heavy atom. The third-order valence-corrected chi connectivity index (χ3v) is 5.98. The minimum Gasteiger partial charge on any atom is -0.304 e. The quantitative estimate of drug-likeness (QED) is 0.454. The Balaban J connectivity index is 1.55. The third kappa shape index (κ3) is 3.34. The summed E-state index contributed by atoms with van der Waals surface area (Å²) in [7, 11) is 1.87. The van der Waals surface area contributed by atoms with Crippen LogP contribution in [0.15, 0.2) is 41.0 Å². The SMILES string of the molecule is Cc1nc2sccn2c1-c1nnc(SCc2ccc(C(F)(F)F)cc2)n1C. The number of benzene rings is 1. The number of nitrogens with zero attached hydrogens (tertiary/aromatic N) is 5. The van der Waals surface area contributed by atoms with Gasteiger partial charge in [0.15, 0.2) is 15.9 Å². The summed E-state index contributed by atoms with van der Waals surface area (Å²) < 4.78 is 41.8. The van der Waals surface area contributed by atoms with Crippen molar-refractivity contribution in [3.05, 3.63) is 52.7 Å². The van der Waals surface area contributed by atoms with Crippen molar-refractivity contribution in [2.75, 3.05) is 0 Å². The summed E-state index contributed by atoms with van der Waals surface area (Å²) in [5.74, 6) is 1.21. The number of hydrogen-bond donors (Lipinski definition) is 0. The minimum absolute atomic E-state index is 0.503. The zero-order chi connectivity index (χ0) is 19.2. The van der Waals surface area contributed by atoms with Gasteiger partial charge in [0.2, 0.25) is 0 Å². The van der Waals surface area contributed by atoms with Crippen molar-refractivity contribution in [2.45, 2.75) is 24.0 Å². The van der Waals surface area contributed by atoms with Crippen LogP contribution in [0.2, 0.25) is 0 Å². The summed E-state index contributed by atoms with van der Waals surface area (Å²) in [4.78, 5) is 5.42. The van der Waals surface area contributed by atoms with Crippen molar-refractivity contribution in [2.24, 2.45) is 7.05 Å². The van der Waals surface area contributed by atoms with Gasteiger partial charge in [0.25, 0.3) is 0 Å². The number of hydrogen-bond acceptors (Lipinski definition) is 5. The van der Waals surface area contributed by atoms with Crippen LogP contribution in [-0.4, -0.2) is 24.1 Å². The largest absolute Gasteiger partial charge is 0.416 e. The van der Waals surface area contributed by atoms with Crippen molar-refractivity contribution in [1.29, 1.82) is 0 Å². The van der Waals surface area contributed by atoms with Gasteiger partial charge in [-0.15, -0.1) is 21.5 Å². The Labute approximate surface area is 160 Å². The molecule has 0 aliphatic carbocycles. The fraction of sp³-hybridized carbons (Fsp3) is 0.235. The van der Waals surface area contributed by atoms with E-state index >= 15 is 0 Å². The average molecular weight is 409 g/mol. The molecule has 0 amide bonds. The first-order valence-corrected chi connectivity index (χ1v) is 9.82. The summed E-state index contributed by atoms with van der Waals surface area (Å²) >= 11 is 2.98. The number of alkyl halides is 3. The molecular formula is C17H14F3N5S2. The Morgan fingerprint density at radius 3 is 2.59 bits per heavy atom. The van der Waals surface area contributed by atoms with E-state index < -0.39 is 11.7 Å². The van der Waals surface area contributed by atoms with Crippen LogP contribution in [-0.2, 0) is 19.0 Å². The topological polar surface area (TPSA) is 48.0 Å². The van der Waals surface area contributed by atoms with E-state index in [2.05, 4.69) is 15.2 Å². The summed E-state index contributed by atoms with van der Waals surface area (Å²) in [6.45, 7) is 1.93. The molecule has 0 radical (unpaired) electrons. The molecule has 4 aromatic rings. The lowest BCUT2D eigenvalue weighted by atomic mass is 10.1. The molecule has 0 bridgehead atoms.